The number of pyridine rings is 1. The first-order valence-electron chi connectivity index (χ1n) is 23.0. The molecule has 3 aromatic heterocycles. The Bertz CT molecular complexity index is 3490. The van der Waals surface area contributed by atoms with Gasteiger partial charge >= 0.3 is 0 Å². The van der Waals surface area contributed by atoms with Crippen molar-refractivity contribution in [2.24, 2.45) is 0 Å². The third-order valence-corrected chi connectivity index (χ3v) is 14.7. The molecule has 0 amide bonds. The van der Waals surface area contributed by atoms with E-state index in [-0.39, 0.29) is 20.1 Å². The van der Waals surface area contributed by atoms with Crippen molar-refractivity contribution in [1.82, 2.24) is 14.5 Å². The number of fused-ring (bicyclic) bond motifs is 5. The Labute approximate surface area is 408 Å². The summed E-state index contributed by atoms with van der Waals surface area (Å²) in [6, 6.07) is 68.4. The summed E-state index contributed by atoms with van der Waals surface area (Å²) in [5.74, 6) is 1.45. The summed E-state index contributed by atoms with van der Waals surface area (Å²) in [7, 11) is -1.54. The van der Waals surface area contributed by atoms with Crippen LogP contribution in [0.25, 0.3) is 94.3 Å². The van der Waals surface area contributed by atoms with E-state index in [1.54, 1.807) is 0 Å². The van der Waals surface area contributed by atoms with Gasteiger partial charge in [0.1, 0.15) is 5.58 Å². The minimum Gasteiger partial charge on any atom is -0.501 e. The van der Waals surface area contributed by atoms with Gasteiger partial charge in [-0.1, -0.05) is 167 Å². The maximum Gasteiger partial charge on any atom is 0.120 e. The van der Waals surface area contributed by atoms with Gasteiger partial charge in [0.15, 0.2) is 0 Å². The van der Waals surface area contributed by atoms with Crippen molar-refractivity contribution in [3.05, 3.63) is 205 Å². The largest absolute Gasteiger partial charge is 0.501 e. The predicted octanol–water partition coefficient (Wildman–Crippen LogP) is 16.2. The van der Waals surface area contributed by atoms with Crippen molar-refractivity contribution in [1.29, 1.82) is 0 Å². The van der Waals surface area contributed by atoms with Crippen LogP contribution in [0, 0.1) is 12.1 Å². The average molecular weight is 1060 g/mol. The van der Waals surface area contributed by atoms with E-state index in [4.69, 9.17) is 14.4 Å². The zero-order chi connectivity index (χ0) is 45.5. The van der Waals surface area contributed by atoms with E-state index in [1.165, 1.54) is 55.0 Å². The molecule has 11 aromatic rings. The van der Waals surface area contributed by atoms with Crippen LogP contribution in [0.4, 0.5) is 0 Å². The number of rotatable bonds is 8. The third-order valence-electron chi connectivity index (χ3n) is 12.6. The first-order valence-corrected chi connectivity index (χ1v) is 26.5. The number of hydrogen-bond acceptors (Lipinski definition) is 3. The second kappa shape index (κ2) is 18.9. The van der Waals surface area contributed by atoms with Crippen LogP contribution in [0.1, 0.15) is 50.7 Å². The maximum absolute atomic E-state index is 6.47. The summed E-state index contributed by atoms with van der Waals surface area (Å²) >= 11 is 0. The molecule has 0 saturated carbocycles. The first-order chi connectivity index (χ1) is 32.0. The van der Waals surface area contributed by atoms with E-state index in [9.17, 15) is 0 Å². The van der Waals surface area contributed by atoms with Crippen molar-refractivity contribution < 1.29 is 24.5 Å². The smallest absolute Gasteiger partial charge is 0.120 e. The number of furan rings is 1. The third kappa shape index (κ3) is 8.74. The number of benzene rings is 8. The molecule has 0 aliphatic carbocycles. The Kier molecular flexibility index (Phi) is 12.8. The minimum atomic E-state index is -1.54. The number of aromatic nitrogens is 3. The van der Waals surface area contributed by atoms with E-state index >= 15 is 0 Å². The van der Waals surface area contributed by atoms with Crippen molar-refractivity contribution >= 4 is 57.0 Å². The molecule has 0 aliphatic rings. The quantitative estimate of drug-likeness (QED) is 0.113. The van der Waals surface area contributed by atoms with Gasteiger partial charge in [-0.3, -0.25) is 4.98 Å². The molecular formula is C61H53IrN3OSi-2. The molecular weight excluding hydrogens is 1010 g/mol. The molecule has 0 bridgehead atoms. The standard InChI is InChI=1S/C37H31N2O.C24H22NSi.Ir/c1-23(2)30-21-26(25-13-6-5-7-14-25)22-31(24(3)4)35(30)39-33-19-10-9-18-32(33)38-37(39)29-17-12-16-28-27-15-8-11-20-34(27)40-36(28)29;1-26(2,3)24-17-25-23(19-11-5-4-6-12-19)16-22(24)21-15-9-13-18-10-7-8-14-20(18)21;/h5-16,18-24H,1-4H3;4-11,13-17H,1-3H3;/q2*-1;. The number of hydrogen-bond donors (Lipinski definition) is 0. The fraction of sp³-hybridized carbons (Fsp3) is 0.148. The molecule has 11 rings (SSSR count). The monoisotopic (exact) mass is 1060 g/mol. The van der Waals surface area contributed by atoms with Crippen LogP contribution in [-0.4, -0.2) is 22.6 Å². The van der Waals surface area contributed by atoms with Gasteiger partial charge in [-0.15, -0.1) is 54.1 Å². The number of nitrogens with zero attached hydrogens (tertiary/aromatic N) is 3. The molecule has 0 fully saturated rings. The van der Waals surface area contributed by atoms with E-state index < -0.39 is 8.07 Å². The molecule has 0 spiro atoms. The van der Waals surface area contributed by atoms with Gasteiger partial charge < -0.3 is 14.0 Å². The minimum absolute atomic E-state index is 0. The molecule has 4 nitrogen and oxygen atoms in total. The summed E-state index contributed by atoms with van der Waals surface area (Å²) in [5.41, 5.74) is 15.5. The fourth-order valence-electron chi connectivity index (χ4n) is 9.33. The molecule has 8 aromatic carbocycles. The second-order valence-electron chi connectivity index (χ2n) is 18.8. The molecule has 6 heteroatoms. The Hall–Kier alpha value is -6.69. The summed E-state index contributed by atoms with van der Waals surface area (Å²) in [6.07, 6.45) is 2.10. The molecule has 0 unspecified atom stereocenters. The van der Waals surface area contributed by atoms with Crippen LogP contribution in [0.15, 0.2) is 187 Å². The van der Waals surface area contributed by atoms with Gasteiger partial charge in [-0.05, 0) is 97.2 Å². The average Bonchev–Trinajstić information content (AvgIpc) is 3.92. The first kappa shape index (κ1) is 45.5. The van der Waals surface area contributed by atoms with E-state index in [2.05, 4.69) is 210 Å². The Morgan fingerprint density at radius 3 is 1.99 bits per heavy atom. The molecule has 0 saturated heterocycles. The predicted molar refractivity (Wildman–Crippen MR) is 281 cm³/mol. The Morgan fingerprint density at radius 1 is 0.582 bits per heavy atom. The van der Waals surface area contributed by atoms with Gasteiger partial charge in [0.05, 0.1) is 30.5 Å². The maximum atomic E-state index is 6.47. The van der Waals surface area contributed by atoms with Crippen LogP contribution in [0.5, 0.6) is 0 Å². The summed E-state index contributed by atoms with van der Waals surface area (Å²) < 4.78 is 8.83. The van der Waals surface area contributed by atoms with Gasteiger partial charge in [0.25, 0.3) is 0 Å². The van der Waals surface area contributed by atoms with Gasteiger partial charge in [-0.2, -0.15) is 0 Å². The van der Waals surface area contributed by atoms with Crippen molar-refractivity contribution in [2.75, 3.05) is 0 Å². The molecule has 333 valence electrons. The summed E-state index contributed by atoms with van der Waals surface area (Å²) in [6.45, 7) is 16.3. The molecule has 0 atom stereocenters. The summed E-state index contributed by atoms with van der Waals surface area (Å²) in [4.78, 5) is 10.0. The fourth-order valence-corrected chi connectivity index (χ4v) is 10.8. The van der Waals surface area contributed by atoms with E-state index in [0.29, 0.717) is 11.8 Å². The van der Waals surface area contributed by atoms with Crippen molar-refractivity contribution in [3.8, 4) is 50.6 Å². The molecule has 67 heavy (non-hydrogen) atoms. The van der Waals surface area contributed by atoms with Gasteiger partial charge in [0.2, 0.25) is 0 Å². The topological polar surface area (TPSA) is 43.9 Å². The van der Waals surface area contributed by atoms with Crippen LogP contribution in [0.3, 0.4) is 0 Å². The van der Waals surface area contributed by atoms with Crippen LogP contribution >= 0.6 is 0 Å². The van der Waals surface area contributed by atoms with Crippen LogP contribution in [-0.2, 0) is 20.1 Å². The van der Waals surface area contributed by atoms with Gasteiger partial charge in [-0.25, -0.2) is 0 Å². The van der Waals surface area contributed by atoms with E-state index in [0.717, 1.165) is 55.6 Å². The Balaban J connectivity index is 0.000000181. The zero-order valence-electron chi connectivity index (χ0n) is 39.1. The SMILES string of the molecule is CC(C)c1cc(-c2ccccc2)cc(C(C)C)c1-n1c(-c2[c-]ccc3c2oc2ccccc23)nc2ccccc21.C[Si](C)(C)c1cnc(-c2[c-]cccc2)cc1-c1cccc2ccccc12.[Ir]. The second-order valence-corrected chi connectivity index (χ2v) is 23.8. The molecule has 1 radical (unpaired) electrons. The van der Waals surface area contributed by atoms with Crippen molar-refractivity contribution in [2.45, 2.75) is 59.2 Å². The number of imidazole rings is 1. The zero-order valence-corrected chi connectivity index (χ0v) is 42.5. The number of para-hydroxylation sites is 3. The summed E-state index contributed by atoms with van der Waals surface area (Å²) in [5, 5.41) is 6.15. The molecule has 0 N–H and O–H groups in total. The Morgan fingerprint density at radius 2 is 1.25 bits per heavy atom. The molecule has 3 heterocycles. The normalized spacial score (nSPS) is 11.7. The van der Waals surface area contributed by atoms with Gasteiger partial charge in [0, 0.05) is 37.4 Å². The van der Waals surface area contributed by atoms with E-state index in [1.807, 2.05) is 36.4 Å². The van der Waals surface area contributed by atoms with Crippen LogP contribution in [0.2, 0.25) is 19.6 Å². The molecule has 0 aliphatic heterocycles. The van der Waals surface area contributed by atoms with Crippen LogP contribution < -0.4 is 5.19 Å². The van der Waals surface area contributed by atoms with Crippen molar-refractivity contribution in [3.63, 3.8) is 0 Å².